The van der Waals surface area contributed by atoms with Gasteiger partial charge >= 0.3 is 0 Å². The lowest BCUT2D eigenvalue weighted by Gasteiger charge is -2.08. The second-order valence-electron chi connectivity index (χ2n) is 1.90. The van der Waals surface area contributed by atoms with Gasteiger partial charge in [-0.3, -0.25) is 4.79 Å². The fourth-order valence-electron chi connectivity index (χ4n) is 0.500. The lowest BCUT2D eigenvalue weighted by Crippen LogP contribution is -2.31. The van der Waals surface area contributed by atoms with Gasteiger partial charge in [0.1, 0.15) is 0 Å². The molecule has 0 radical (unpaired) electrons. The number of thiol groups is 1. The number of rotatable bonds is 3. The highest BCUT2D eigenvalue weighted by molar-refractivity contribution is 8.68. The van der Waals surface area contributed by atoms with Gasteiger partial charge in [-0.05, 0) is 6.92 Å². The predicted molar refractivity (Wildman–Crippen MR) is 44.7 cm³/mol. The van der Waals surface area contributed by atoms with Crippen LogP contribution < -0.4 is 5.32 Å². The third-order valence-corrected chi connectivity index (χ3v) is 1.87. The molecule has 1 N–H and O–H groups in total. The minimum Gasteiger partial charge on any atom is -0.353 e. The molecule has 54 valence electrons. The average Bonchev–Trinajstić information content (AvgIpc) is 1.63. The van der Waals surface area contributed by atoms with Crippen molar-refractivity contribution in [1.82, 2.24) is 5.32 Å². The second kappa shape index (κ2) is 4.99. The summed E-state index contributed by atoms with van der Waals surface area (Å²) in [6.45, 7) is 3.46. The van der Waals surface area contributed by atoms with Gasteiger partial charge in [-0.25, -0.2) is 0 Å². The first-order valence-electron chi connectivity index (χ1n) is 2.70. The number of carbonyl (C=O) groups excluding carboxylic acids is 1. The molecule has 0 aromatic rings. The van der Waals surface area contributed by atoms with Crippen LogP contribution in [0.1, 0.15) is 13.8 Å². The van der Waals surface area contributed by atoms with E-state index in [4.69, 9.17) is 0 Å². The molecule has 0 rings (SSSR count). The SMILES string of the molecule is CC(=O)NC(C)CSS. The van der Waals surface area contributed by atoms with Gasteiger partial charge in [0, 0.05) is 18.7 Å². The van der Waals surface area contributed by atoms with Gasteiger partial charge < -0.3 is 5.32 Å². The Bertz CT molecular complexity index is 97.0. The van der Waals surface area contributed by atoms with E-state index in [1.165, 1.54) is 17.7 Å². The van der Waals surface area contributed by atoms with Crippen molar-refractivity contribution in [1.29, 1.82) is 0 Å². The Labute approximate surface area is 64.6 Å². The van der Waals surface area contributed by atoms with Crippen molar-refractivity contribution < 1.29 is 4.79 Å². The molecule has 2 nitrogen and oxygen atoms in total. The van der Waals surface area contributed by atoms with E-state index < -0.39 is 0 Å². The molecule has 0 bridgehead atoms. The first kappa shape index (κ1) is 9.17. The van der Waals surface area contributed by atoms with Gasteiger partial charge in [-0.15, -0.1) is 11.7 Å². The van der Waals surface area contributed by atoms with Gasteiger partial charge in [0.2, 0.25) is 5.91 Å². The maximum absolute atomic E-state index is 10.4. The molecule has 4 heteroatoms. The van der Waals surface area contributed by atoms with Gasteiger partial charge in [0.15, 0.2) is 0 Å². The maximum atomic E-state index is 10.4. The zero-order valence-electron chi connectivity index (χ0n) is 5.55. The van der Waals surface area contributed by atoms with Crippen LogP contribution in [0.15, 0.2) is 0 Å². The summed E-state index contributed by atoms with van der Waals surface area (Å²) in [7, 11) is 1.43. The first-order valence-corrected chi connectivity index (χ1v) is 4.74. The Morgan fingerprint density at radius 1 is 1.89 bits per heavy atom. The molecule has 0 aliphatic heterocycles. The molecule has 0 aromatic carbocycles. The van der Waals surface area contributed by atoms with Crippen LogP contribution in [0.2, 0.25) is 0 Å². The molecular formula is C5H11NOS2. The van der Waals surface area contributed by atoms with Crippen molar-refractivity contribution in [3.63, 3.8) is 0 Å². The Morgan fingerprint density at radius 2 is 2.44 bits per heavy atom. The molecule has 0 heterocycles. The minimum atomic E-state index is 0.0184. The first-order chi connectivity index (χ1) is 4.16. The van der Waals surface area contributed by atoms with E-state index in [0.29, 0.717) is 0 Å². The maximum Gasteiger partial charge on any atom is 0.217 e. The van der Waals surface area contributed by atoms with E-state index >= 15 is 0 Å². The number of carbonyl (C=O) groups is 1. The zero-order valence-corrected chi connectivity index (χ0v) is 7.26. The van der Waals surface area contributed by atoms with Crippen molar-refractivity contribution in [2.24, 2.45) is 0 Å². The molecular weight excluding hydrogens is 154 g/mol. The molecule has 1 unspecified atom stereocenters. The van der Waals surface area contributed by atoms with Crippen LogP contribution in [0.3, 0.4) is 0 Å². The smallest absolute Gasteiger partial charge is 0.217 e. The summed E-state index contributed by atoms with van der Waals surface area (Å²) in [5, 5.41) is 2.74. The van der Waals surface area contributed by atoms with Crippen LogP contribution in [-0.2, 0) is 4.79 Å². The molecule has 0 aliphatic carbocycles. The highest BCUT2D eigenvalue weighted by Gasteiger charge is 1.99. The van der Waals surface area contributed by atoms with E-state index in [-0.39, 0.29) is 11.9 Å². The van der Waals surface area contributed by atoms with Crippen molar-refractivity contribution in [3.8, 4) is 0 Å². The van der Waals surface area contributed by atoms with Crippen LogP contribution in [0.5, 0.6) is 0 Å². The fourth-order valence-corrected chi connectivity index (χ4v) is 1.48. The number of hydrogen-bond acceptors (Lipinski definition) is 3. The Balaban J connectivity index is 3.26. The molecule has 0 saturated heterocycles. The fraction of sp³-hybridized carbons (Fsp3) is 0.800. The molecule has 0 fully saturated rings. The lowest BCUT2D eigenvalue weighted by molar-refractivity contribution is -0.119. The zero-order chi connectivity index (χ0) is 7.28. The van der Waals surface area contributed by atoms with E-state index in [1.807, 2.05) is 6.92 Å². The van der Waals surface area contributed by atoms with Crippen LogP contribution in [-0.4, -0.2) is 17.7 Å². The van der Waals surface area contributed by atoms with Crippen LogP contribution in [0, 0.1) is 0 Å². The summed E-state index contributed by atoms with van der Waals surface area (Å²) in [6, 6.07) is 0.227. The summed E-state index contributed by atoms with van der Waals surface area (Å²) < 4.78 is 0. The summed E-state index contributed by atoms with van der Waals surface area (Å²) in [5.41, 5.74) is 0. The predicted octanol–water partition coefficient (Wildman–Crippen LogP) is 1.09. The van der Waals surface area contributed by atoms with Gasteiger partial charge in [-0.2, -0.15) is 0 Å². The molecule has 0 spiro atoms. The van der Waals surface area contributed by atoms with Crippen molar-refractivity contribution >= 4 is 28.4 Å². The number of hydrogen-bond donors (Lipinski definition) is 2. The molecule has 0 aliphatic rings. The van der Waals surface area contributed by atoms with Crippen LogP contribution >= 0.6 is 22.5 Å². The van der Waals surface area contributed by atoms with E-state index in [0.717, 1.165) is 5.75 Å². The molecule has 9 heavy (non-hydrogen) atoms. The second-order valence-corrected chi connectivity index (χ2v) is 3.26. The van der Waals surface area contributed by atoms with Crippen LogP contribution in [0.4, 0.5) is 0 Å². The molecule has 1 amide bonds. The van der Waals surface area contributed by atoms with E-state index in [1.54, 1.807) is 0 Å². The molecule has 1 atom stereocenters. The van der Waals surface area contributed by atoms with Crippen LogP contribution in [0.25, 0.3) is 0 Å². The van der Waals surface area contributed by atoms with Gasteiger partial charge in [0.25, 0.3) is 0 Å². The van der Waals surface area contributed by atoms with E-state index in [2.05, 4.69) is 17.0 Å². The third-order valence-electron chi connectivity index (χ3n) is 0.774. The Kier molecular flexibility index (Phi) is 5.09. The molecule has 0 aromatic heterocycles. The van der Waals surface area contributed by atoms with Crippen molar-refractivity contribution in [2.45, 2.75) is 19.9 Å². The quantitative estimate of drug-likeness (QED) is 0.484. The highest BCUT2D eigenvalue weighted by atomic mass is 33.1. The largest absolute Gasteiger partial charge is 0.353 e. The third kappa shape index (κ3) is 6.05. The van der Waals surface area contributed by atoms with Gasteiger partial charge in [0.05, 0.1) is 0 Å². The Morgan fingerprint density at radius 3 is 2.78 bits per heavy atom. The van der Waals surface area contributed by atoms with Gasteiger partial charge in [-0.1, -0.05) is 10.8 Å². The molecule has 0 saturated carbocycles. The minimum absolute atomic E-state index is 0.0184. The van der Waals surface area contributed by atoms with Crippen molar-refractivity contribution in [2.75, 3.05) is 5.75 Å². The Hall–Kier alpha value is 0.170. The van der Waals surface area contributed by atoms with E-state index in [9.17, 15) is 4.79 Å². The summed E-state index contributed by atoms with van der Waals surface area (Å²) >= 11 is 3.95. The standard InChI is InChI=1S/C5H11NOS2/c1-4(3-9-8)6-5(2)7/h4,8H,3H2,1-2H3,(H,6,7). The summed E-state index contributed by atoms with van der Waals surface area (Å²) in [6.07, 6.45) is 0. The number of nitrogens with one attached hydrogen (secondary N) is 1. The monoisotopic (exact) mass is 165 g/mol. The summed E-state index contributed by atoms with van der Waals surface area (Å²) in [5.74, 6) is 0.868. The number of amides is 1. The topological polar surface area (TPSA) is 29.1 Å². The lowest BCUT2D eigenvalue weighted by atomic mass is 10.4. The highest BCUT2D eigenvalue weighted by Crippen LogP contribution is 2.05. The average molecular weight is 165 g/mol. The summed E-state index contributed by atoms with van der Waals surface area (Å²) in [4.78, 5) is 10.4. The normalized spacial score (nSPS) is 12.8. The van der Waals surface area contributed by atoms with Crippen molar-refractivity contribution in [3.05, 3.63) is 0 Å².